The van der Waals surface area contributed by atoms with Crippen LogP contribution in [0.15, 0.2) is 24.4 Å². The van der Waals surface area contributed by atoms with Gasteiger partial charge in [0.15, 0.2) is 0 Å². The average Bonchev–Trinajstić information content (AvgIpc) is 2.25. The average molecular weight is 237 g/mol. The quantitative estimate of drug-likeness (QED) is 0.892. The van der Waals surface area contributed by atoms with E-state index in [1.54, 1.807) is 0 Å². The van der Waals surface area contributed by atoms with Gasteiger partial charge in [0.2, 0.25) is 0 Å². The fourth-order valence-electron chi connectivity index (χ4n) is 1.72. The number of pyridine rings is 1. The van der Waals surface area contributed by atoms with E-state index in [2.05, 4.69) is 4.98 Å². The van der Waals surface area contributed by atoms with Crippen molar-refractivity contribution in [2.45, 2.75) is 12.8 Å². The van der Waals surface area contributed by atoms with Crippen molar-refractivity contribution in [2.24, 2.45) is 0 Å². The van der Waals surface area contributed by atoms with Crippen molar-refractivity contribution < 1.29 is 18.7 Å². The number of carbonyl (C=O) groups is 1. The lowest BCUT2D eigenvalue weighted by atomic mass is 10.1. The summed E-state index contributed by atoms with van der Waals surface area (Å²) in [4.78, 5) is 14.4. The van der Waals surface area contributed by atoms with Crippen molar-refractivity contribution >= 4 is 16.7 Å². The zero-order valence-corrected chi connectivity index (χ0v) is 8.78. The summed E-state index contributed by atoms with van der Waals surface area (Å²) in [5.74, 6) is -2.36. The van der Waals surface area contributed by atoms with E-state index in [-0.39, 0.29) is 18.2 Å². The van der Waals surface area contributed by atoms with Crippen molar-refractivity contribution in [3.8, 4) is 0 Å². The number of hydrogen-bond acceptors (Lipinski definition) is 2. The Labute approximate surface area is 95.7 Å². The lowest BCUT2D eigenvalue weighted by Gasteiger charge is -2.05. The first-order chi connectivity index (χ1) is 8.08. The lowest BCUT2D eigenvalue weighted by molar-refractivity contribution is -0.136. The van der Waals surface area contributed by atoms with E-state index in [0.29, 0.717) is 11.1 Å². The molecule has 2 rings (SSSR count). The van der Waals surface area contributed by atoms with Crippen LogP contribution in [0.3, 0.4) is 0 Å². The molecule has 1 aromatic heterocycles. The highest BCUT2D eigenvalue weighted by atomic mass is 19.1. The Morgan fingerprint density at radius 2 is 2.12 bits per heavy atom. The smallest absolute Gasteiger partial charge is 0.303 e. The molecule has 5 heteroatoms. The number of carboxylic acid groups (broad SMARTS) is 1. The molecule has 0 amide bonds. The van der Waals surface area contributed by atoms with Crippen LogP contribution in [0.2, 0.25) is 0 Å². The van der Waals surface area contributed by atoms with Gasteiger partial charge >= 0.3 is 5.97 Å². The molecule has 0 unspecified atom stereocenters. The summed E-state index contributed by atoms with van der Waals surface area (Å²) in [5, 5.41) is 9.16. The second kappa shape index (κ2) is 4.45. The third-order valence-electron chi connectivity index (χ3n) is 2.43. The van der Waals surface area contributed by atoms with E-state index in [1.165, 1.54) is 18.3 Å². The van der Waals surface area contributed by atoms with Crippen molar-refractivity contribution in [3.05, 3.63) is 41.7 Å². The minimum absolute atomic E-state index is 0.120. The molecule has 0 radical (unpaired) electrons. The maximum atomic E-state index is 13.6. The van der Waals surface area contributed by atoms with Gasteiger partial charge in [0.1, 0.15) is 11.6 Å². The zero-order chi connectivity index (χ0) is 12.4. The van der Waals surface area contributed by atoms with E-state index < -0.39 is 17.6 Å². The van der Waals surface area contributed by atoms with Crippen molar-refractivity contribution in [1.29, 1.82) is 0 Å². The molecule has 1 N–H and O–H groups in total. The van der Waals surface area contributed by atoms with Crippen LogP contribution in [0.1, 0.15) is 12.1 Å². The molecule has 0 saturated heterocycles. The molecule has 1 aromatic carbocycles. The first-order valence-corrected chi connectivity index (χ1v) is 5.02. The van der Waals surface area contributed by atoms with Gasteiger partial charge in [0, 0.05) is 24.1 Å². The zero-order valence-electron chi connectivity index (χ0n) is 8.78. The van der Waals surface area contributed by atoms with Crippen LogP contribution in [0, 0.1) is 11.6 Å². The predicted molar refractivity (Wildman–Crippen MR) is 57.6 cm³/mol. The van der Waals surface area contributed by atoms with Gasteiger partial charge < -0.3 is 5.11 Å². The molecular formula is C12H9F2NO2. The van der Waals surface area contributed by atoms with Gasteiger partial charge in [-0.05, 0) is 17.5 Å². The molecule has 0 atom stereocenters. The summed E-state index contributed by atoms with van der Waals surface area (Å²) in [6.07, 6.45) is 1.40. The number of halogens is 2. The molecule has 0 aliphatic carbocycles. The topological polar surface area (TPSA) is 50.2 Å². The Bertz CT molecular complexity index is 584. The molecule has 0 saturated carbocycles. The second-order valence-electron chi connectivity index (χ2n) is 3.64. The first kappa shape index (κ1) is 11.4. The van der Waals surface area contributed by atoms with E-state index >= 15 is 0 Å². The molecule has 88 valence electrons. The molecule has 0 bridgehead atoms. The van der Waals surface area contributed by atoms with E-state index in [4.69, 9.17) is 5.11 Å². The third kappa shape index (κ3) is 2.38. The van der Waals surface area contributed by atoms with E-state index in [0.717, 1.165) is 6.07 Å². The number of aliphatic carboxylic acids is 1. The predicted octanol–water partition coefficient (Wildman–Crippen LogP) is 2.53. The number of nitrogens with zero attached hydrogens (tertiary/aromatic N) is 1. The Hall–Kier alpha value is -2.04. The Balaban J connectivity index is 2.52. The maximum absolute atomic E-state index is 13.6. The van der Waals surface area contributed by atoms with Crippen LogP contribution in [-0.2, 0) is 11.2 Å². The summed E-state index contributed by atoms with van der Waals surface area (Å²) in [6, 6.07) is 3.46. The van der Waals surface area contributed by atoms with Crippen molar-refractivity contribution in [3.63, 3.8) is 0 Å². The summed E-state index contributed by atoms with van der Waals surface area (Å²) in [7, 11) is 0. The Kier molecular flexibility index (Phi) is 2.99. The fraction of sp³-hybridized carbons (Fsp3) is 0.167. The van der Waals surface area contributed by atoms with Crippen molar-refractivity contribution in [2.75, 3.05) is 0 Å². The molecule has 3 nitrogen and oxygen atoms in total. The van der Waals surface area contributed by atoms with Gasteiger partial charge in [-0.1, -0.05) is 0 Å². The highest BCUT2D eigenvalue weighted by Gasteiger charge is 2.10. The summed E-state index contributed by atoms with van der Waals surface area (Å²) in [5.41, 5.74) is 0.336. The largest absolute Gasteiger partial charge is 0.481 e. The van der Waals surface area contributed by atoms with Crippen LogP contribution < -0.4 is 0 Å². The molecule has 17 heavy (non-hydrogen) atoms. The lowest BCUT2D eigenvalue weighted by Crippen LogP contribution is -2.01. The number of fused-ring (bicyclic) bond motifs is 1. The number of benzene rings is 1. The standard InChI is InChI=1S/C12H9F2NO2/c13-8-5-7-3-4-15-10(1-2-11(16)17)12(7)9(14)6-8/h3-6H,1-2H2,(H,16,17). The van der Waals surface area contributed by atoms with E-state index in [9.17, 15) is 13.6 Å². The molecule has 0 aliphatic heterocycles. The van der Waals surface area contributed by atoms with Gasteiger partial charge in [0.05, 0.1) is 12.1 Å². The monoisotopic (exact) mass is 237 g/mol. The molecule has 2 aromatic rings. The maximum Gasteiger partial charge on any atom is 0.303 e. The van der Waals surface area contributed by atoms with Crippen LogP contribution in [-0.4, -0.2) is 16.1 Å². The molecule has 0 aliphatic rings. The van der Waals surface area contributed by atoms with Gasteiger partial charge in [-0.15, -0.1) is 0 Å². The highest BCUT2D eigenvalue weighted by Crippen LogP contribution is 2.22. The number of aryl methyl sites for hydroxylation is 1. The first-order valence-electron chi connectivity index (χ1n) is 5.02. The molecule has 1 heterocycles. The van der Waals surface area contributed by atoms with Crippen LogP contribution >= 0.6 is 0 Å². The second-order valence-corrected chi connectivity index (χ2v) is 3.64. The Morgan fingerprint density at radius 1 is 1.35 bits per heavy atom. The van der Waals surface area contributed by atoms with Crippen LogP contribution in [0.4, 0.5) is 8.78 Å². The number of hydrogen-bond donors (Lipinski definition) is 1. The normalized spacial score (nSPS) is 10.7. The van der Waals surface area contributed by atoms with Crippen LogP contribution in [0.5, 0.6) is 0 Å². The van der Waals surface area contributed by atoms with Crippen LogP contribution in [0.25, 0.3) is 10.8 Å². The summed E-state index contributed by atoms with van der Waals surface area (Å²) in [6.45, 7) is 0. The minimum Gasteiger partial charge on any atom is -0.481 e. The van der Waals surface area contributed by atoms with Gasteiger partial charge in [0.25, 0.3) is 0 Å². The van der Waals surface area contributed by atoms with E-state index in [1.807, 2.05) is 0 Å². The highest BCUT2D eigenvalue weighted by molar-refractivity contribution is 5.85. The third-order valence-corrected chi connectivity index (χ3v) is 2.43. The SMILES string of the molecule is O=C(O)CCc1nccc2cc(F)cc(F)c12. The summed E-state index contributed by atoms with van der Waals surface area (Å²) >= 11 is 0. The van der Waals surface area contributed by atoms with Gasteiger partial charge in [-0.3, -0.25) is 9.78 Å². The molecular weight excluding hydrogens is 228 g/mol. The Morgan fingerprint density at radius 3 is 2.82 bits per heavy atom. The molecule has 0 fully saturated rings. The summed E-state index contributed by atoms with van der Waals surface area (Å²) < 4.78 is 26.6. The fourth-order valence-corrected chi connectivity index (χ4v) is 1.72. The number of carboxylic acids is 1. The van der Waals surface area contributed by atoms with Gasteiger partial charge in [-0.25, -0.2) is 8.78 Å². The molecule has 0 spiro atoms. The van der Waals surface area contributed by atoms with Gasteiger partial charge in [-0.2, -0.15) is 0 Å². The van der Waals surface area contributed by atoms with Crippen molar-refractivity contribution in [1.82, 2.24) is 4.98 Å². The number of rotatable bonds is 3. The number of aromatic nitrogens is 1. The minimum atomic E-state index is -0.980.